The molecule has 0 saturated heterocycles. The number of benzene rings is 1. The van der Waals surface area contributed by atoms with Crippen molar-refractivity contribution in [2.24, 2.45) is 0 Å². The van der Waals surface area contributed by atoms with Gasteiger partial charge in [0, 0.05) is 14.0 Å². The molecule has 0 aliphatic carbocycles. The predicted octanol–water partition coefficient (Wildman–Crippen LogP) is 7.85. The Morgan fingerprint density at radius 2 is 1.85 bits per heavy atom. The van der Waals surface area contributed by atoms with Crippen molar-refractivity contribution in [3.05, 3.63) is 33.6 Å². The number of hydrogen-bond donors (Lipinski definition) is 0. The summed E-state index contributed by atoms with van der Waals surface area (Å²) in [7, 11) is 0. The highest BCUT2D eigenvalue weighted by Crippen LogP contribution is 2.39. The zero-order valence-corrected chi connectivity index (χ0v) is 16.0. The van der Waals surface area contributed by atoms with Crippen molar-refractivity contribution >= 4 is 53.3 Å². The zero-order chi connectivity index (χ0) is 14.4. The van der Waals surface area contributed by atoms with E-state index in [2.05, 4.69) is 62.4 Å². The maximum atomic E-state index is 3.89. The fourth-order valence-electron chi connectivity index (χ4n) is 2.54. The van der Waals surface area contributed by atoms with Gasteiger partial charge in [0.25, 0.3) is 0 Å². The van der Waals surface area contributed by atoms with E-state index >= 15 is 0 Å². The van der Waals surface area contributed by atoms with Crippen molar-refractivity contribution in [3.63, 3.8) is 0 Å². The second-order valence-corrected chi connectivity index (χ2v) is 8.17. The van der Waals surface area contributed by atoms with E-state index in [4.69, 9.17) is 0 Å². The number of hydrogen-bond acceptors (Lipinski definition) is 1. The molecule has 0 fully saturated rings. The summed E-state index contributed by atoms with van der Waals surface area (Å²) in [5.74, 6) is 0. The van der Waals surface area contributed by atoms with Crippen LogP contribution in [0.4, 0.5) is 0 Å². The number of alkyl halides is 1. The minimum absolute atomic E-state index is 0.497. The van der Waals surface area contributed by atoms with Crippen LogP contribution >= 0.6 is 43.2 Å². The molecular formula is C17H22Br2S. The number of unbranched alkanes of at least 4 members (excludes halogenated alkanes) is 5. The fourth-order valence-corrected chi connectivity index (χ4v) is 5.10. The molecule has 2 rings (SSSR count). The van der Waals surface area contributed by atoms with E-state index in [1.54, 1.807) is 0 Å². The monoisotopic (exact) mass is 416 g/mol. The first-order valence-corrected chi connectivity index (χ1v) is 10.1. The van der Waals surface area contributed by atoms with E-state index in [0.717, 1.165) is 0 Å². The molecule has 1 aromatic heterocycles. The van der Waals surface area contributed by atoms with Crippen molar-refractivity contribution in [2.75, 3.05) is 0 Å². The first-order valence-electron chi connectivity index (χ1n) is 7.53. The zero-order valence-electron chi connectivity index (χ0n) is 12.0. The number of thiophene rings is 1. The summed E-state index contributed by atoms with van der Waals surface area (Å²) in [5.41, 5.74) is 1.46. The second kappa shape index (κ2) is 8.55. The average Bonchev–Trinajstić information content (AvgIpc) is 2.88. The molecule has 3 heteroatoms. The summed E-state index contributed by atoms with van der Waals surface area (Å²) in [5, 5.41) is 3.71. The van der Waals surface area contributed by atoms with Gasteiger partial charge in [0.05, 0.1) is 0 Å². The number of halogens is 2. The van der Waals surface area contributed by atoms with Gasteiger partial charge in [-0.15, -0.1) is 11.3 Å². The molecule has 2 aromatic rings. The highest BCUT2D eigenvalue weighted by molar-refractivity contribution is 9.10. The van der Waals surface area contributed by atoms with Gasteiger partial charge in [0.1, 0.15) is 0 Å². The molecule has 0 aliphatic rings. The Kier molecular flexibility index (Phi) is 7.06. The van der Waals surface area contributed by atoms with Gasteiger partial charge in [-0.2, -0.15) is 0 Å². The van der Waals surface area contributed by atoms with Gasteiger partial charge in [0.2, 0.25) is 0 Å². The molecule has 0 amide bonds. The van der Waals surface area contributed by atoms with E-state index < -0.39 is 0 Å². The largest absolute Gasteiger partial charge is 0.142 e. The SMILES string of the molecule is CCCCCCCCC(Br)c1csc2c(Br)cccc12. The molecule has 0 aliphatic heterocycles. The second-order valence-electron chi connectivity index (χ2n) is 5.33. The van der Waals surface area contributed by atoms with Gasteiger partial charge < -0.3 is 0 Å². The number of rotatable bonds is 8. The highest BCUT2D eigenvalue weighted by Gasteiger charge is 2.13. The van der Waals surface area contributed by atoms with E-state index in [0.29, 0.717) is 4.83 Å². The molecule has 0 bridgehead atoms. The Labute approximate surface area is 143 Å². The summed E-state index contributed by atoms with van der Waals surface area (Å²) in [4.78, 5) is 0.497. The maximum Gasteiger partial charge on any atom is 0.0488 e. The quantitative estimate of drug-likeness (QED) is 0.303. The van der Waals surface area contributed by atoms with Gasteiger partial charge in [-0.1, -0.05) is 73.5 Å². The third kappa shape index (κ3) is 4.32. The van der Waals surface area contributed by atoms with E-state index in [-0.39, 0.29) is 0 Å². The van der Waals surface area contributed by atoms with Crippen LogP contribution in [0.15, 0.2) is 28.1 Å². The normalized spacial score (nSPS) is 12.9. The highest BCUT2D eigenvalue weighted by atomic mass is 79.9. The van der Waals surface area contributed by atoms with Crippen LogP contribution in [0.5, 0.6) is 0 Å². The van der Waals surface area contributed by atoms with Crippen molar-refractivity contribution in [2.45, 2.75) is 56.7 Å². The third-order valence-corrected chi connectivity index (χ3v) is 6.65. The van der Waals surface area contributed by atoms with Crippen molar-refractivity contribution in [1.29, 1.82) is 0 Å². The van der Waals surface area contributed by atoms with Crippen LogP contribution in [0.3, 0.4) is 0 Å². The molecule has 1 heterocycles. The lowest BCUT2D eigenvalue weighted by atomic mass is 10.0. The third-order valence-electron chi connectivity index (χ3n) is 3.73. The lowest BCUT2D eigenvalue weighted by Crippen LogP contribution is -1.89. The first-order chi connectivity index (χ1) is 9.74. The minimum atomic E-state index is 0.497. The molecule has 0 N–H and O–H groups in total. The Bertz CT molecular complexity index is 533. The molecule has 0 radical (unpaired) electrons. The fraction of sp³-hybridized carbons (Fsp3) is 0.529. The van der Waals surface area contributed by atoms with E-state index in [1.807, 2.05) is 11.3 Å². The summed E-state index contributed by atoms with van der Waals surface area (Å²) in [6.07, 6.45) is 9.45. The van der Waals surface area contributed by atoms with Crippen LogP contribution in [0, 0.1) is 0 Å². The summed E-state index contributed by atoms with van der Waals surface area (Å²) < 4.78 is 2.58. The molecule has 1 aromatic carbocycles. The summed E-state index contributed by atoms with van der Waals surface area (Å²) >= 11 is 9.37. The molecule has 0 spiro atoms. The van der Waals surface area contributed by atoms with Crippen LogP contribution in [-0.4, -0.2) is 0 Å². The van der Waals surface area contributed by atoms with Crippen LogP contribution < -0.4 is 0 Å². The first kappa shape index (κ1) is 16.5. The lowest BCUT2D eigenvalue weighted by molar-refractivity contribution is 0.589. The predicted molar refractivity (Wildman–Crippen MR) is 99.2 cm³/mol. The van der Waals surface area contributed by atoms with Gasteiger partial charge in [-0.05, 0) is 44.7 Å². The van der Waals surface area contributed by atoms with Crippen molar-refractivity contribution in [3.8, 4) is 0 Å². The Morgan fingerprint density at radius 1 is 1.10 bits per heavy atom. The molecule has 20 heavy (non-hydrogen) atoms. The topological polar surface area (TPSA) is 0 Å². The molecule has 1 atom stereocenters. The van der Waals surface area contributed by atoms with Gasteiger partial charge >= 0.3 is 0 Å². The molecule has 110 valence electrons. The van der Waals surface area contributed by atoms with Gasteiger partial charge in [-0.25, -0.2) is 0 Å². The molecule has 0 saturated carbocycles. The van der Waals surface area contributed by atoms with Gasteiger partial charge in [0.15, 0.2) is 0 Å². The number of fused-ring (bicyclic) bond motifs is 1. The Morgan fingerprint density at radius 3 is 2.65 bits per heavy atom. The Balaban J connectivity index is 1.88. The summed E-state index contributed by atoms with van der Waals surface area (Å²) in [6, 6.07) is 6.49. The molecular weight excluding hydrogens is 396 g/mol. The van der Waals surface area contributed by atoms with Crippen LogP contribution in [0.25, 0.3) is 10.1 Å². The molecule has 1 unspecified atom stereocenters. The minimum Gasteiger partial charge on any atom is -0.142 e. The lowest BCUT2D eigenvalue weighted by Gasteiger charge is -2.09. The van der Waals surface area contributed by atoms with E-state index in [9.17, 15) is 0 Å². The smallest absolute Gasteiger partial charge is 0.0488 e. The van der Waals surface area contributed by atoms with E-state index in [1.165, 1.54) is 65.1 Å². The van der Waals surface area contributed by atoms with Crippen molar-refractivity contribution < 1.29 is 0 Å². The summed E-state index contributed by atoms with van der Waals surface area (Å²) in [6.45, 7) is 2.27. The van der Waals surface area contributed by atoms with Crippen LogP contribution in [-0.2, 0) is 0 Å². The molecule has 0 nitrogen and oxygen atoms in total. The standard InChI is InChI=1S/C17H22Br2S/c1-2-3-4-5-6-7-10-15(18)14-12-20-17-13(14)9-8-11-16(17)19/h8-9,11-12,15H,2-7,10H2,1H3. The van der Waals surface area contributed by atoms with Crippen molar-refractivity contribution in [1.82, 2.24) is 0 Å². The average molecular weight is 418 g/mol. The van der Waals surface area contributed by atoms with Crippen LogP contribution in [0.1, 0.15) is 62.3 Å². The van der Waals surface area contributed by atoms with Gasteiger partial charge in [-0.3, -0.25) is 0 Å². The maximum absolute atomic E-state index is 3.89. The Hall–Kier alpha value is 0.140. The van der Waals surface area contributed by atoms with Crippen LogP contribution in [0.2, 0.25) is 0 Å².